The summed E-state index contributed by atoms with van der Waals surface area (Å²) < 4.78 is 27.8. The molecule has 0 radical (unpaired) electrons. The van der Waals surface area contributed by atoms with Gasteiger partial charge in [0.2, 0.25) is 0 Å². The van der Waals surface area contributed by atoms with Crippen LogP contribution in [0.2, 0.25) is 0 Å². The van der Waals surface area contributed by atoms with Crippen molar-refractivity contribution < 1.29 is 18.3 Å². The number of methoxy groups -OCH3 is 2. The van der Waals surface area contributed by atoms with Crippen LogP contribution in [0.4, 0.5) is 0 Å². The Kier molecular flexibility index (Phi) is 10.3. The number of hydrogen-bond acceptors (Lipinski definition) is 6. The lowest BCUT2D eigenvalue weighted by Crippen LogP contribution is -1.81. The first kappa shape index (κ1) is 37.0. The molecule has 0 fully saturated rings. The third-order valence-electron chi connectivity index (χ3n) is 10.4. The second-order valence-electron chi connectivity index (χ2n) is 14.0. The Hall–Kier alpha value is -6.60. The van der Waals surface area contributed by atoms with Gasteiger partial charge in [0.15, 0.2) is 22.7 Å². The summed E-state index contributed by atoms with van der Waals surface area (Å²) >= 11 is 3.75. The number of para-hydroxylation sites is 4. The number of fused-ring (bicyclic) bond motifs is 12. The van der Waals surface area contributed by atoms with Crippen molar-refractivity contribution in [1.82, 2.24) is 0 Å². The van der Waals surface area contributed by atoms with Crippen LogP contribution in [0.1, 0.15) is 11.1 Å². The molecule has 0 amide bonds. The minimum atomic E-state index is 0.781. The first-order chi connectivity index (χ1) is 28.5. The zero-order chi connectivity index (χ0) is 39.6. The summed E-state index contributed by atoms with van der Waals surface area (Å²) in [7, 11) is 3.32. The minimum absolute atomic E-state index is 0.781. The van der Waals surface area contributed by atoms with Crippen molar-refractivity contribution in [3.05, 3.63) is 181 Å². The number of ether oxygens (including phenoxy) is 2. The molecule has 0 saturated heterocycles. The highest BCUT2D eigenvalue weighted by atomic mass is 32.1. The van der Waals surface area contributed by atoms with Gasteiger partial charge < -0.3 is 18.3 Å². The molecule has 8 aromatic carbocycles. The lowest BCUT2D eigenvalue weighted by Gasteiger charge is -1.98. The van der Waals surface area contributed by atoms with Crippen molar-refractivity contribution in [2.24, 2.45) is 0 Å². The second kappa shape index (κ2) is 16.1. The van der Waals surface area contributed by atoms with Gasteiger partial charge in [-0.2, -0.15) is 0 Å². The van der Waals surface area contributed by atoms with Crippen LogP contribution >= 0.6 is 22.7 Å². The van der Waals surface area contributed by atoms with E-state index in [1.807, 2.05) is 77.3 Å². The van der Waals surface area contributed by atoms with Crippen LogP contribution in [0, 0.1) is 13.8 Å². The van der Waals surface area contributed by atoms with E-state index in [-0.39, 0.29) is 0 Å². The van der Waals surface area contributed by atoms with Gasteiger partial charge in [0.25, 0.3) is 0 Å². The molecule has 0 spiro atoms. The highest BCUT2D eigenvalue weighted by Gasteiger charge is 2.12. The van der Waals surface area contributed by atoms with E-state index in [4.69, 9.17) is 18.3 Å². The molecule has 4 aromatic heterocycles. The number of aryl methyl sites for hydroxylation is 2. The molecule has 12 rings (SSSR count). The van der Waals surface area contributed by atoms with E-state index in [1.54, 1.807) is 14.2 Å². The lowest BCUT2D eigenvalue weighted by molar-refractivity contribution is 0.412. The first-order valence-electron chi connectivity index (χ1n) is 19.1. The molecule has 0 N–H and O–H groups in total. The molecule has 284 valence electrons. The Morgan fingerprint density at radius 1 is 0.345 bits per heavy atom. The van der Waals surface area contributed by atoms with Crippen molar-refractivity contribution in [3.63, 3.8) is 0 Å². The summed E-state index contributed by atoms with van der Waals surface area (Å²) in [4.78, 5) is 0. The largest absolute Gasteiger partial charge is 0.493 e. The van der Waals surface area contributed by atoms with Gasteiger partial charge in [-0.1, -0.05) is 133 Å². The average molecular weight is 793 g/mol. The summed E-state index contributed by atoms with van der Waals surface area (Å²) in [6.45, 7) is 4.23. The molecular weight excluding hydrogens is 753 g/mol. The normalized spacial score (nSPS) is 11.1. The molecule has 0 atom stereocenters. The minimum Gasteiger partial charge on any atom is -0.493 e. The molecule has 58 heavy (non-hydrogen) atoms. The summed E-state index contributed by atoms with van der Waals surface area (Å²) in [5.74, 6) is 1.57. The van der Waals surface area contributed by atoms with Crippen molar-refractivity contribution in [2.75, 3.05) is 14.2 Å². The van der Waals surface area contributed by atoms with Gasteiger partial charge in [-0.15, -0.1) is 22.7 Å². The maximum absolute atomic E-state index is 5.88. The van der Waals surface area contributed by atoms with Gasteiger partial charge in [0.05, 0.1) is 14.2 Å². The van der Waals surface area contributed by atoms with E-state index in [0.717, 1.165) is 60.9 Å². The Labute approximate surface area is 344 Å². The molecule has 4 nitrogen and oxygen atoms in total. The molecular formula is C52H40O4S2. The molecule has 4 heterocycles. The highest BCUT2D eigenvalue weighted by Crippen LogP contribution is 2.38. The standard InChI is InChI=1S/C14H12O2.C13H10O2.C13H10S.C12H8S/c1-9-5-3-6-10-11-7-4-8-12(15-2)14(11)16-13(9)10;1-14-12-8-4-6-10-9-5-2-3-7-11(9)15-13(10)12;1-9-5-4-7-11-10-6-2-3-8-12(10)14-13(9)11;1-3-7-11-9(5-1)10-6-2-4-8-12(10)13-11/h3-8H,1-2H3;2-8H,1H3;2-8H,1H3;1-8H. The molecule has 6 heteroatoms. The van der Waals surface area contributed by atoms with Crippen LogP contribution in [0.25, 0.3) is 84.2 Å². The van der Waals surface area contributed by atoms with Gasteiger partial charge in [-0.25, -0.2) is 0 Å². The average Bonchev–Trinajstić information content (AvgIpc) is 4.05. The fraction of sp³-hybridized carbons (Fsp3) is 0.0769. The number of rotatable bonds is 2. The molecule has 0 bridgehead atoms. The molecule has 0 aliphatic heterocycles. The fourth-order valence-corrected chi connectivity index (χ4v) is 9.82. The van der Waals surface area contributed by atoms with Crippen LogP contribution < -0.4 is 9.47 Å². The topological polar surface area (TPSA) is 44.7 Å². The van der Waals surface area contributed by atoms with Crippen LogP contribution in [-0.2, 0) is 0 Å². The number of hydrogen-bond donors (Lipinski definition) is 0. The monoisotopic (exact) mass is 792 g/mol. The second-order valence-corrected chi connectivity index (χ2v) is 16.1. The molecule has 12 aromatic rings. The molecule has 0 unspecified atom stereocenters. The van der Waals surface area contributed by atoms with Crippen molar-refractivity contribution in [2.45, 2.75) is 13.8 Å². The zero-order valence-corrected chi connectivity index (χ0v) is 34.2. The predicted molar refractivity (Wildman–Crippen MR) is 249 cm³/mol. The van der Waals surface area contributed by atoms with Crippen LogP contribution in [0.3, 0.4) is 0 Å². The number of benzene rings is 8. The van der Waals surface area contributed by atoms with Gasteiger partial charge >= 0.3 is 0 Å². The zero-order valence-electron chi connectivity index (χ0n) is 32.6. The first-order valence-corrected chi connectivity index (χ1v) is 20.8. The Balaban J connectivity index is 0.000000100. The predicted octanol–water partition coefficient (Wildman–Crippen LogP) is 15.9. The van der Waals surface area contributed by atoms with Crippen LogP contribution in [0.5, 0.6) is 11.5 Å². The maximum Gasteiger partial charge on any atom is 0.177 e. The fourth-order valence-electron chi connectivity index (χ4n) is 7.54. The summed E-state index contributed by atoms with van der Waals surface area (Å²) in [5, 5.41) is 10.0. The highest BCUT2D eigenvalue weighted by molar-refractivity contribution is 7.26. The van der Waals surface area contributed by atoms with Gasteiger partial charge in [0, 0.05) is 61.9 Å². The van der Waals surface area contributed by atoms with E-state index < -0.39 is 0 Å². The van der Waals surface area contributed by atoms with Crippen LogP contribution in [-0.4, -0.2) is 14.2 Å². The SMILES string of the molecule is COc1cccc2c1oc1c(C)cccc12.COc1cccc2c1oc1ccccc12.Cc1cccc2c1sc1ccccc12.c1ccc2c(c1)sc1ccccc12. The quantitative estimate of drug-likeness (QED) is 0.175. The van der Waals surface area contributed by atoms with Crippen molar-refractivity contribution >= 4 is 107 Å². The van der Waals surface area contributed by atoms with E-state index in [2.05, 4.69) is 129 Å². The van der Waals surface area contributed by atoms with E-state index in [9.17, 15) is 0 Å². The van der Waals surface area contributed by atoms with E-state index in [0.29, 0.717) is 0 Å². The summed E-state index contributed by atoms with van der Waals surface area (Å²) in [5.41, 5.74) is 6.02. The number of furan rings is 2. The van der Waals surface area contributed by atoms with Gasteiger partial charge in [0.1, 0.15) is 11.2 Å². The van der Waals surface area contributed by atoms with Crippen molar-refractivity contribution in [3.8, 4) is 11.5 Å². The van der Waals surface area contributed by atoms with Crippen molar-refractivity contribution in [1.29, 1.82) is 0 Å². The summed E-state index contributed by atoms with van der Waals surface area (Å²) in [6, 6.07) is 58.3. The lowest BCUT2D eigenvalue weighted by atomic mass is 10.1. The molecule has 0 aliphatic carbocycles. The van der Waals surface area contributed by atoms with E-state index in [1.165, 1.54) is 45.9 Å². The van der Waals surface area contributed by atoms with Gasteiger partial charge in [-0.05, 0) is 61.4 Å². The van der Waals surface area contributed by atoms with E-state index >= 15 is 0 Å². The summed E-state index contributed by atoms with van der Waals surface area (Å²) in [6.07, 6.45) is 0. The smallest absolute Gasteiger partial charge is 0.177 e. The van der Waals surface area contributed by atoms with Crippen LogP contribution in [0.15, 0.2) is 179 Å². The molecule has 0 aliphatic rings. The third kappa shape index (κ3) is 6.91. The Morgan fingerprint density at radius 3 is 1.36 bits per heavy atom. The molecule has 0 saturated carbocycles. The Bertz CT molecular complexity index is 3310. The third-order valence-corrected chi connectivity index (χ3v) is 12.9. The van der Waals surface area contributed by atoms with Gasteiger partial charge in [-0.3, -0.25) is 0 Å². The Morgan fingerprint density at radius 2 is 0.759 bits per heavy atom. The number of thiophene rings is 2. The maximum atomic E-state index is 5.88.